The third-order valence-electron chi connectivity index (χ3n) is 5.88. The number of aryl methyl sites for hydroxylation is 2. The largest absolute Gasteiger partial charge is 0.497 e. The predicted octanol–water partition coefficient (Wildman–Crippen LogP) is 6.12. The van der Waals surface area contributed by atoms with Crippen molar-refractivity contribution in [3.05, 3.63) is 83.4 Å². The summed E-state index contributed by atoms with van der Waals surface area (Å²) < 4.78 is 5.40. The number of anilines is 1. The lowest BCUT2D eigenvalue weighted by atomic mass is 9.96. The van der Waals surface area contributed by atoms with Crippen LogP contribution in [0.15, 0.2) is 66.7 Å². The molecular weight excluding hydrogens is 370 g/mol. The van der Waals surface area contributed by atoms with Gasteiger partial charge in [-0.2, -0.15) is 0 Å². The first kappa shape index (κ1) is 19.9. The van der Waals surface area contributed by atoms with E-state index in [1.165, 1.54) is 16.7 Å². The second-order valence-electron chi connectivity index (χ2n) is 7.75. The maximum atomic E-state index is 5.40. The lowest BCUT2D eigenvalue weighted by Crippen LogP contribution is -2.23. The summed E-state index contributed by atoms with van der Waals surface area (Å²) in [6, 6.07) is 23.0. The molecule has 4 rings (SSSR count). The van der Waals surface area contributed by atoms with Crippen molar-refractivity contribution >= 4 is 16.6 Å². The molecule has 152 valence electrons. The molecule has 0 fully saturated rings. The minimum atomic E-state index is 0.115. The maximum Gasteiger partial charge on any atom is 0.159 e. The molecule has 0 saturated heterocycles. The number of methoxy groups -OCH3 is 1. The number of fused-ring (bicyclic) bond motifs is 1. The Morgan fingerprint density at radius 1 is 0.833 bits per heavy atom. The Morgan fingerprint density at radius 2 is 1.50 bits per heavy atom. The highest BCUT2D eigenvalue weighted by molar-refractivity contribution is 6.01. The Hall–Kier alpha value is -3.40. The number of rotatable bonds is 5. The molecule has 1 aromatic heterocycles. The van der Waals surface area contributed by atoms with Crippen LogP contribution in [-0.2, 0) is 0 Å². The molecule has 4 aromatic rings. The third-order valence-corrected chi connectivity index (χ3v) is 5.88. The van der Waals surface area contributed by atoms with E-state index in [1.54, 1.807) is 7.11 Å². The van der Waals surface area contributed by atoms with E-state index >= 15 is 0 Å². The predicted molar refractivity (Wildman–Crippen MR) is 124 cm³/mol. The van der Waals surface area contributed by atoms with Gasteiger partial charge in [0.2, 0.25) is 0 Å². The van der Waals surface area contributed by atoms with Crippen molar-refractivity contribution in [1.82, 2.24) is 10.2 Å². The van der Waals surface area contributed by atoms with Crippen molar-refractivity contribution in [2.45, 2.75) is 26.8 Å². The van der Waals surface area contributed by atoms with E-state index in [0.717, 1.165) is 33.6 Å². The van der Waals surface area contributed by atoms with Gasteiger partial charge < -0.3 is 9.64 Å². The highest BCUT2D eigenvalue weighted by atomic mass is 16.5. The number of hydrogen-bond acceptors (Lipinski definition) is 4. The maximum absolute atomic E-state index is 5.40. The van der Waals surface area contributed by atoms with Crippen LogP contribution in [0.25, 0.3) is 22.0 Å². The summed E-state index contributed by atoms with van der Waals surface area (Å²) in [6.45, 7) is 6.43. The monoisotopic (exact) mass is 397 g/mol. The molecule has 0 aliphatic carbocycles. The van der Waals surface area contributed by atoms with Gasteiger partial charge in [0.25, 0.3) is 0 Å². The molecule has 0 aliphatic rings. The Kier molecular flexibility index (Phi) is 5.40. The average Bonchev–Trinajstić information content (AvgIpc) is 2.78. The summed E-state index contributed by atoms with van der Waals surface area (Å²) >= 11 is 0. The molecule has 0 N–H and O–H groups in total. The summed E-state index contributed by atoms with van der Waals surface area (Å²) in [5.74, 6) is 1.73. The van der Waals surface area contributed by atoms with Crippen molar-refractivity contribution in [2.75, 3.05) is 19.1 Å². The Labute approximate surface area is 178 Å². The van der Waals surface area contributed by atoms with Crippen molar-refractivity contribution in [1.29, 1.82) is 0 Å². The second kappa shape index (κ2) is 8.15. The van der Waals surface area contributed by atoms with Crippen molar-refractivity contribution in [3.63, 3.8) is 0 Å². The molecule has 0 amide bonds. The number of benzene rings is 3. The molecule has 0 saturated carbocycles. The average molecular weight is 398 g/mol. The summed E-state index contributed by atoms with van der Waals surface area (Å²) in [5, 5.41) is 11.6. The van der Waals surface area contributed by atoms with Crippen LogP contribution >= 0.6 is 0 Å². The smallest absolute Gasteiger partial charge is 0.159 e. The lowest BCUT2D eigenvalue weighted by Gasteiger charge is -2.27. The van der Waals surface area contributed by atoms with Gasteiger partial charge >= 0.3 is 0 Å². The van der Waals surface area contributed by atoms with Gasteiger partial charge in [-0.3, -0.25) is 0 Å². The molecule has 0 radical (unpaired) electrons. The Balaban J connectivity index is 1.83. The molecule has 0 aliphatic heterocycles. The zero-order valence-corrected chi connectivity index (χ0v) is 18.2. The molecule has 3 aromatic carbocycles. The van der Waals surface area contributed by atoms with Gasteiger partial charge in [0, 0.05) is 23.4 Å². The standard InChI is InChI=1S/C26H27N3O/c1-17-10-8-11-18(2)24(17)25-22-14-6-7-15-23(22)26(28-27-25)29(4)19(3)20-12-9-13-21(16-20)30-5/h6-16,19H,1-5H3/t19-/m1/s1. The molecule has 30 heavy (non-hydrogen) atoms. The first-order valence-electron chi connectivity index (χ1n) is 10.2. The van der Waals surface area contributed by atoms with E-state index in [9.17, 15) is 0 Å². The normalized spacial score (nSPS) is 12.0. The fraction of sp³-hybridized carbons (Fsp3) is 0.231. The van der Waals surface area contributed by atoms with E-state index in [0.29, 0.717) is 0 Å². The molecule has 1 atom stereocenters. The molecular formula is C26H27N3O. The Bertz CT molecular complexity index is 1180. The first-order valence-corrected chi connectivity index (χ1v) is 10.2. The van der Waals surface area contributed by atoms with Gasteiger partial charge in [-0.15, -0.1) is 10.2 Å². The second-order valence-corrected chi connectivity index (χ2v) is 7.75. The summed E-state index contributed by atoms with van der Waals surface area (Å²) in [5.41, 5.74) is 5.69. The van der Waals surface area contributed by atoms with Gasteiger partial charge in [0.05, 0.1) is 13.2 Å². The Morgan fingerprint density at radius 3 is 2.20 bits per heavy atom. The van der Waals surface area contributed by atoms with E-state index in [4.69, 9.17) is 14.9 Å². The van der Waals surface area contributed by atoms with Crippen molar-refractivity contribution < 1.29 is 4.74 Å². The molecule has 0 spiro atoms. The zero-order chi connectivity index (χ0) is 21.3. The molecule has 0 unspecified atom stereocenters. The van der Waals surface area contributed by atoms with Crippen LogP contribution in [0, 0.1) is 13.8 Å². The molecule has 4 nitrogen and oxygen atoms in total. The number of nitrogens with zero attached hydrogens (tertiary/aromatic N) is 3. The van der Waals surface area contributed by atoms with Crippen molar-refractivity contribution in [3.8, 4) is 17.0 Å². The SMILES string of the molecule is COc1cccc([C@@H](C)N(C)c2nnc(-c3c(C)cccc3C)c3ccccc23)c1. The molecule has 0 bridgehead atoms. The molecule has 4 heteroatoms. The van der Waals surface area contributed by atoms with Crippen LogP contribution in [0.5, 0.6) is 5.75 Å². The van der Waals surface area contributed by atoms with Crippen LogP contribution < -0.4 is 9.64 Å². The number of ether oxygens (including phenoxy) is 1. The van der Waals surface area contributed by atoms with E-state index in [1.807, 2.05) is 12.1 Å². The fourth-order valence-corrected chi connectivity index (χ4v) is 4.03. The summed E-state index contributed by atoms with van der Waals surface area (Å²) in [7, 11) is 3.76. The van der Waals surface area contributed by atoms with Gasteiger partial charge in [0.1, 0.15) is 11.4 Å². The zero-order valence-electron chi connectivity index (χ0n) is 18.2. The van der Waals surface area contributed by atoms with Gasteiger partial charge in [0.15, 0.2) is 5.82 Å². The van der Waals surface area contributed by atoms with Crippen LogP contribution in [0.2, 0.25) is 0 Å². The topological polar surface area (TPSA) is 38.2 Å². The third kappa shape index (κ3) is 3.50. The number of hydrogen-bond donors (Lipinski definition) is 0. The van der Waals surface area contributed by atoms with Crippen LogP contribution in [-0.4, -0.2) is 24.4 Å². The van der Waals surface area contributed by atoms with Gasteiger partial charge in [-0.05, 0) is 49.6 Å². The fourth-order valence-electron chi connectivity index (χ4n) is 4.03. The van der Waals surface area contributed by atoms with Crippen molar-refractivity contribution in [2.24, 2.45) is 0 Å². The highest BCUT2D eigenvalue weighted by Gasteiger charge is 2.20. The summed E-state index contributed by atoms with van der Waals surface area (Å²) in [6.07, 6.45) is 0. The van der Waals surface area contributed by atoms with E-state index in [-0.39, 0.29) is 6.04 Å². The number of aromatic nitrogens is 2. The van der Waals surface area contributed by atoms with Gasteiger partial charge in [-0.1, -0.05) is 54.6 Å². The van der Waals surface area contributed by atoms with E-state index < -0.39 is 0 Å². The quantitative estimate of drug-likeness (QED) is 0.407. The first-order chi connectivity index (χ1) is 14.5. The van der Waals surface area contributed by atoms with Crippen LogP contribution in [0.1, 0.15) is 29.7 Å². The minimum Gasteiger partial charge on any atom is -0.497 e. The lowest BCUT2D eigenvalue weighted by molar-refractivity contribution is 0.414. The minimum absolute atomic E-state index is 0.115. The van der Waals surface area contributed by atoms with Crippen LogP contribution in [0.3, 0.4) is 0 Å². The molecule has 1 heterocycles. The highest BCUT2D eigenvalue weighted by Crippen LogP contribution is 2.36. The van der Waals surface area contributed by atoms with E-state index in [2.05, 4.69) is 87.3 Å². The van der Waals surface area contributed by atoms with Crippen LogP contribution in [0.4, 0.5) is 5.82 Å². The van der Waals surface area contributed by atoms with Gasteiger partial charge in [-0.25, -0.2) is 0 Å². The summed E-state index contributed by atoms with van der Waals surface area (Å²) in [4.78, 5) is 2.18.